The molecule has 0 fully saturated rings. The molecule has 0 N–H and O–H groups in total. The van der Waals surface area contributed by atoms with E-state index in [1.54, 1.807) is 13.0 Å². The summed E-state index contributed by atoms with van der Waals surface area (Å²) in [5, 5.41) is 0.935. The number of carbonyl (C=O) groups excluding carboxylic acids is 1. The molecule has 3 rings (SSSR count). The van der Waals surface area contributed by atoms with Crippen LogP contribution in [0.1, 0.15) is 43.5 Å². The highest BCUT2D eigenvalue weighted by atomic mass is 19.4. The van der Waals surface area contributed by atoms with E-state index in [1.807, 2.05) is 49.2 Å². The molecule has 4 nitrogen and oxygen atoms in total. The minimum Gasteiger partial charge on any atom is -0.465 e. The molecule has 0 radical (unpaired) electrons. The number of benzene rings is 2. The number of likely N-dealkylation sites (N-methyl/N-ethyl adjacent to an activating group) is 1. The van der Waals surface area contributed by atoms with Gasteiger partial charge in [0.2, 0.25) is 0 Å². The lowest BCUT2D eigenvalue weighted by Crippen LogP contribution is -2.35. The predicted octanol–water partition coefficient (Wildman–Crippen LogP) is 5.81. The average Bonchev–Trinajstić information content (AvgIpc) is 3.11. The van der Waals surface area contributed by atoms with Crippen molar-refractivity contribution >= 4 is 16.9 Å². The first-order valence-electron chi connectivity index (χ1n) is 10.4. The van der Waals surface area contributed by atoms with Crippen LogP contribution in [0.15, 0.2) is 54.7 Å². The quantitative estimate of drug-likeness (QED) is 0.422. The fourth-order valence-electron chi connectivity index (χ4n) is 3.91. The van der Waals surface area contributed by atoms with Gasteiger partial charge < -0.3 is 9.30 Å². The lowest BCUT2D eigenvalue weighted by Gasteiger charge is -2.29. The number of hydrogen-bond acceptors (Lipinski definition) is 3. The van der Waals surface area contributed by atoms with E-state index in [-0.39, 0.29) is 13.2 Å². The van der Waals surface area contributed by atoms with E-state index in [1.165, 1.54) is 6.07 Å². The Morgan fingerprint density at radius 2 is 1.84 bits per heavy atom. The molecule has 0 aliphatic heterocycles. The number of esters is 1. The monoisotopic (exact) mass is 432 g/mol. The van der Waals surface area contributed by atoms with Crippen molar-refractivity contribution in [1.82, 2.24) is 9.47 Å². The Morgan fingerprint density at radius 1 is 1.10 bits per heavy atom. The Bertz CT molecular complexity index is 1040. The number of nitrogens with zero attached hydrogens (tertiary/aromatic N) is 2. The van der Waals surface area contributed by atoms with Crippen molar-refractivity contribution < 1.29 is 22.7 Å². The highest BCUT2D eigenvalue weighted by molar-refractivity contribution is 5.90. The summed E-state index contributed by atoms with van der Waals surface area (Å²) in [6, 6.07) is 12.3. The normalized spacial score (nSPS) is 13.0. The van der Waals surface area contributed by atoms with Gasteiger partial charge in [0.25, 0.3) is 0 Å². The van der Waals surface area contributed by atoms with Gasteiger partial charge in [-0.05, 0) is 38.1 Å². The maximum atomic E-state index is 13.2. The van der Waals surface area contributed by atoms with Gasteiger partial charge in [-0.1, -0.05) is 43.3 Å². The predicted molar refractivity (Wildman–Crippen MR) is 115 cm³/mol. The van der Waals surface area contributed by atoms with Crippen molar-refractivity contribution in [3.63, 3.8) is 0 Å². The summed E-state index contributed by atoms with van der Waals surface area (Å²) in [6.07, 6.45) is -2.47. The van der Waals surface area contributed by atoms with E-state index in [9.17, 15) is 18.0 Å². The summed E-state index contributed by atoms with van der Waals surface area (Å²) < 4.78 is 46.9. The number of hydrogen-bond donors (Lipinski definition) is 0. The minimum atomic E-state index is -4.41. The molecular formula is C24H27F3N2O2. The standard InChI is InChI=1S/C24H27F3N2O2/c1-4-28-16-20(19-12-7-8-13-21(19)28)22(23(30)31-6-3)29(5-2)15-17-10-9-11-18(14-17)24(25,26)27/h7-14,16,22H,4-6,15H2,1-3H3. The third-order valence-electron chi connectivity index (χ3n) is 5.38. The van der Waals surface area contributed by atoms with Gasteiger partial charge in [0, 0.05) is 35.8 Å². The Balaban J connectivity index is 2.05. The number of aromatic nitrogens is 1. The molecule has 0 saturated carbocycles. The number of para-hydroxylation sites is 1. The molecule has 2 aromatic carbocycles. The third kappa shape index (κ3) is 4.93. The van der Waals surface area contributed by atoms with Crippen LogP contribution >= 0.6 is 0 Å². The molecule has 3 aromatic rings. The van der Waals surface area contributed by atoms with Gasteiger partial charge >= 0.3 is 12.1 Å². The number of rotatable bonds is 8. The van der Waals surface area contributed by atoms with E-state index in [4.69, 9.17) is 4.74 Å². The molecule has 0 aliphatic carbocycles. The van der Waals surface area contributed by atoms with Crippen molar-refractivity contribution in [1.29, 1.82) is 0 Å². The largest absolute Gasteiger partial charge is 0.465 e. The second kappa shape index (κ2) is 9.56. The molecule has 0 aliphatic rings. The van der Waals surface area contributed by atoms with Crippen molar-refractivity contribution in [2.45, 2.75) is 46.1 Å². The van der Waals surface area contributed by atoms with Crippen LogP contribution in [0.2, 0.25) is 0 Å². The van der Waals surface area contributed by atoms with Crippen molar-refractivity contribution in [3.05, 3.63) is 71.4 Å². The van der Waals surface area contributed by atoms with E-state index >= 15 is 0 Å². The van der Waals surface area contributed by atoms with Crippen LogP contribution in [-0.2, 0) is 28.8 Å². The summed E-state index contributed by atoms with van der Waals surface area (Å²) in [6.45, 7) is 7.27. The highest BCUT2D eigenvalue weighted by Crippen LogP contribution is 2.34. The SMILES string of the molecule is CCOC(=O)C(c1cn(CC)c2ccccc12)N(CC)Cc1cccc(C(F)(F)F)c1. The van der Waals surface area contributed by atoms with E-state index < -0.39 is 23.8 Å². The van der Waals surface area contributed by atoms with Crippen molar-refractivity contribution in [2.24, 2.45) is 0 Å². The minimum absolute atomic E-state index is 0.190. The maximum absolute atomic E-state index is 13.2. The molecule has 31 heavy (non-hydrogen) atoms. The topological polar surface area (TPSA) is 34.5 Å². The molecule has 7 heteroatoms. The van der Waals surface area contributed by atoms with Crippen molar-refractivity contribution in [3.8, 4) is 0 Å². The van der Waals surface area contributed by atoms with Gasteiger partial charge in [-0.15, -0.1) is 0 Å². The zero-order valence-electron chi connectivity index (χ0n) is 17.9. The number of aryl methyl sites for hydroxylation is 1. The third-order valence-corrected chi connectivity index (χ3v) is 5.38. The second-order valence-electron chi connectivity index (χ2n) is 7.30. The van der Waals surface area contributed by atoms with E-state index in [0.29, 0.717) is 12.1 Å². The molecule has 0 saturated heterocycles. The molecule has 166 valence electrons. The summed E-state index contributed by atoms with van der Waals surface area (Å²) >= 11 is 0. The van der Waals surface area contributed by atoms with Crippen LogP contribution in [-0.4, -0.2) is 28.6 Å². The van der Waals surface area contributed by atoms with E-state index in [0.717, 1.165) is 35.1 Å². The van der Waals surface area contributed by atoms with Crippen LogP contribution in [0.25, 0.3) is 10.9 Å². The molecule has 1 aromatic heterocycles. The Kier molecular flexibility index (Phi) is 7.05. The van der Waals surface area contributed by atoms with Gasteiger partial charge in [-0.25, -0.2) is 4.79 Å². The Labute approximate surface area is 180 Å². The maximum Gasteiger partial charge on any atom is 0.416 e. The zero-order valence-corrected chi connectivity index (χ0v) is 17.9. The average molecular weight is 432 g/mol. The first-order chi connectivity index (χ1) is 14.8. The molecule has 1 unspecified atom stereocenters. The molecule has 1 heterocycles. The fourth-order valence-corrected chi connectivity index (χ4v) is 3.91. The molecular weight excluding hydrogens is 405 g/mol. The van der Waals surface area contributed by atoms with Crippen LogP contribution in [0.4, 0.5) is 13.2 Å². The number of fused-ring (bicyclic) bond motifs is 1. The Hall–Kier alpha value is -2.80. The van der Waals surface area contributed by atoms with Gasteiger partial charge in [-0.2, -0.15) is 13.2 Å². The summed E-state index contributed by atoms with van der Waals surface area (Å²) in [5.74, 6) is -0.407. The van der Waals surface area contributed by atoms with Crippen LogP contribution in [0.5, 0.6) is 0 Å². The van der Waals surface area contributed by atoms with Crippen molar-refractivity contribution in [2.75, 3.05) is 13.2 Å². The molecule has 0 amide bonds. The summed E-state index contributed by atoms with van der Waals surface area (Å²) in [5.41, 5.74) is 1.59. The smallest absolute Gasteiger partial charge is 0.416 e. The number of halogens is 3. The number of carbonyl (C=O) groups is 1. The van der Waals surface area contributed by atoms with Gasteiger partial charge in [0.05, 0.1) is 12.2 Å². The summed E-state index contributed by atoms with van der Waals surface area (Å²) in [7, 11) is 0. The lowest BCUT2D eigenvalue weighted by atomic mass is 10.0. The van der Waals surface area contributed by atoms with E-state index in [2.05, 4.69) is 4.57 Å². The van der Waals surface area contributed by atoms with Crippen LogP contribution in [0, 0.1) is 0 Å². The molecule has 0 spiro atoms. The van der Waals surface area contributed by atoms with Crippen LogP contribution in [0.3, 0.4) is 0 Å². The zero-order chi connectivity index (χ0) is 22.6. The highest BCUT2D eigenvalue weighted by Gasteiger charge is 2.33. The van der Waals surface area contributed by atoms with Crippen LogP contribution < -0.4 is 0 Å². The van der Waals surface area contributed by atoms with Gasteiger partial charge in [-0.3, -0.25) is 4.90 Å². The lowest BCUT2D eigenvalue weighted by molar-refractivity contribution is -0.150. The molecule has 0 bridgehead atoms. The van der Waals surface area contributed by atoms with Gasteiger partial charge in [0.15, 0.2) is 0 Å². The Morgan fingerprint density at radius 3 is 2.48 bits per heavy atom. The van der Waals surface area contributed by atoms with Gasteiger partial charge in [0.1, 0.15) is 6.04 Å². The fraction of sp³-hybridized carbons (Fsp3) is 0.375. The second-order valence-corrected chi connectivity index (χ2v) is 7.30. The summed E-state index contributed by atoms with van der Waals surface area (Å²) in [4.78, 5) is 14.9. The molecule has 1 atom stereocenters. The number of alkyl halides is 3. The number of ether oxygens (including phenoxy) is 1. The first-order valence-corrected chi connectivity index (χ1v) is 10.4. The first kappa shape index (κ1) is 22.9.